The van der Waals surface area contributed by atoms with Gasteiger partial charge in [0.2, 0.25) is 0 Å². The highest BCUT2D eigenvalue weighted by Crippen LogP contribution is 2.56. The van der Waals surface area contributed by atoms with E-state index in [1.54, 1.807) is 12.2 Å². The highest BCUT2D eigenvalue weighted by atomic mass is 35.7. The molecule has 0 atom stereocenters. The van der Waals surface area contributed by atoms with E-state index < -0.39 is 7.27 Å². The topological polar surface area (TPSA) is 0 Å². The van der Waals surface area contributed by atoms with Gasteiger partial charge in [0.25, 0.3) is 0 Å². The summed E-state index contributed by atoms with van der Waals surface area (Å²) < 4.78 is 0. The van der Waals surface area contributed by atoms with Crippen LogP contribution in [-0.2, 0) is 0 Å². The van der Waals surface area contributed by atoms with Crippen molar-refractivity contribution in [2.75, 3.05) is 0 Å². The minimum absolute atomic E-state index is 0.713. The minimum Gasteiger partial charge on any atom is -0.0991 e. The summed E-state index contributed by atoms with van der Waals surface area (Å²) in [4.78, 5) is 0. The predicted molar refractivity (Wildman–Crippen MR) is 79.0 cm³/mol. The van der Waals surface area contributed by atoms with Gasteiger partial charge in [-0.1, -0.05) is 73.0 Å². The Morgan fingerprint density at radius 2 is 1.25 bits per heavy atom. The van der Waals surface area contributed by atoms with E-state index in [0.29, 0.717) is 0 Å². The standard InChI is InChI=1S/C14H18ClP/c1-5-7-9-11-13(3)16(15)14(4)12-10-8-6-2/h5-12H,1-2H2,3-4H3/b9-7-,10-8-,13-11+,14-12+. The molecule has 2 heteroatoms. The van der Waals surface area contributed by atoms with Crippen LogP contribution in [0, 0.1) is 0 Å². The van der Waals surface area contributed by atoms with E-state index in [2.05, 4.69) is 13.2 Å². The van der Waals surface area contributed by atoms with Crippen molar-refractivity contribution in [1.29, 1.82) is 0 Å². The lowest BCUT2D eigenvalue weighted by molar-refractivity contribution is 1.61. The van der Waals surface area contributed by atoms with Gasteiger partial charge in [-0.15, -0.1) is 0 Å². The van der Waals surface area contributed by atoms with Crippen LogP contribution in [-0.4, -0.2) is 0 Å². The molecule has 0 aliphatic carbocycles. The molecule has 0 spiro atoms. The van der Waals surface area contributed by atoms with Crippen LogP contribution in [0.2, 0.25) is 0 Å². The second-order valence-corrected chi connectivity index (χ2v) is 6.12. The van der Waals surface area contributed by atoms with E-state index in [-0.39, 0.29) is 0 Å². The molecule has 0 saturated heterocycles. The van der Waals surface area contributed by atoms with Gasteiger partial charge >= 0.3 is 0 Å². The van der Waals surface area contributed by atoms with Crippen molar-refractivity contribution in [3.05, 3.63) is 72.4 Å². The first kappa shape index (κ1) is 15.2. The van der Waals surface area contributed by atoms with E-state index in [1.807, 2.05) is 50.3 Å². The molecule has 0 aromatic carbocycles. The maximum Gasteiger partial charge on any atom is 0.0435 e. The van der Waals surface area contributed by atoms with Gasteiger partial charge in [0, 0.05) is 7.27 Å². The van der Waals surface area contributed by atoms with Crippen LogP contribution in [0.5, 0.6) is 0 Å². The van der Waals surface area contributed by atoms with Gasteiger partial charge in [-0.05, 0) is 24.5 Å². The summed E-state index contributed by atoms with van der Waals surface area (Å²) >= 11 is 6.35. The molecular weight excluding hydrogens is 235 g/mol. The van der Waals surface area contributed by atoms with E-state index in [1.165, 1.54) is 10.6 Å². The molecule has 16 heavy (non-hydrogen) atoms. The smallest absolute Gasteiger partial charge is 0.0435 e. The van der Waals surface area contributed by atoms with E-state index in [9.17, 15) is 0 Å². The maximum absolute atomic E-state index is 6.35. The van der Waals surface area contributed by atoms with Gasteiger partial charge in [0.1, 0.15) is 0 Å². The van der Waals surface area contributed by atoms with E-state index in [0.717, 1.165) is 0 Å². The summed E-state index contributed by atoms with van der Waals surface area (Å²) in [6.45, 7) is 11.3. The van der Waals surface area contributed by atoms with Crippen LogP contribution in [0.15, 0.2) is 72.4 Å². The second-order valence-electron chi connectivity index (χ2n) is 3.14. The third-order valence-corrected chi connectivity index (χ3v) is 4.93. The lowest BCUT2D eigenvalue weighted by atomic mass is 10.4. The zero-order chi connectivity index (χ0) is 12.4. The molecule has 86 valence electrons. The van der Waals surface area contributed by atoms with Gasteiger partial charge in [-0.2, -0.15) is 0 Å². The SMILES string of the molecule is C=C/C=C\C=C(/C)P(Cl)/C(C)=C/C=C\C=C. The molecule has 0 amide bonds. The summed E-state index contributed by atoms with van der Waals surface area (Å²) in [6, 6.07) is 0. The third-order valence-electron chi connectivity index (χ3n) is 1.79. The Morgan fingerprint density at radius 3 is 1.56 bits per heavy atom. The molecule has 0 radical (unpaired) electrons. The Labute approximate surface area is 105 Å². The van der Waals surface area contributed by atoms with Crippen molar-refractivity contribution in [2.45, 2.75) is 13.8 Å². The molecule has 0 fully saturated rings. The Morgan fingerprint density at radius 1 is 0.875 bits per heavy atom. The fourth-order valence-electron chi connectivity index (χ4n) is 0.956. The van der Waals surface area contributed by atoms with Gasteiger partial charge < -0.3 is 0 Å². The maximum atomic E-state index is 6.35. The molecule has 0 aliphatic rings. The van der Waals surface area contributed by atoms with Gasteiger partial charge in [0.05, 0.1) is 0 Å². The van der Waals surface area contributed by atoms with Crippen molar-refractivity contribution in [1.82, 2.24) is 0 Å². The summed E-state index contributed by atoms with van der Waals surface area (Å²) in [6.07, 6.45) is 15.2. The second kappa shape index (κ2) is 9.39. The van der Waals surface area contributed by atoms with Crippen molar-refractivity contribution < 1.29 is 0 Å². The Kier molecular flexibility index (Phi) is 8.90. The quantitative estimate of drug-likeness (QED) is 0.407. The molecule has 0 aromatic rings. The molecule has 0 aliphatic heterocycles. The highest BCUT2D eigenvalue weighted by molar-refractivity contribution is 7.90. The first-order chi connectivity index (χ1) is 7.63. The van der Waals surface area contributed by atoms with Crippen LogP contribution in [0.3, 0.4) is 0 Å². The fourth-order valence-corrected chi connectivity index (χ4v) is 2.28. The summed E-state index contributed by atoms with van der Waals surface area (Å²) in [7, 11) is -0.713. The monoisotopic (exact) mass is 252 g/mol. The van der Waals surface area contributed by atoms with Gasteiger partial charge in [-0.3, -0.25) is 0 Å². The first-order valence-corrected chi connectivity index (χ1v) is 7.26. The number of hydrogen-bond donors (Lipinski definition) is 0. The largest absolute Gasteiger partial charge is 0.0991 e. The molecule has 0 N–H and O–H groups in total. The molecule has 0 heterocycles. The number of halogens is 1. The van der Waals surface area contributed by atoms with Crippen molar-refractivity contribution in [2.24, 2.45) is 0 Å². The molecular formula is C14H18ClP. The normalized spacial score (nSPS) is 15.7. The average molecular weight is 253 g/mol. The van der Waals surface area contributed by atoms with Crippen molar-refractivity contribution >= 4 is 18.5 Å². The number of rotatable bonds is 6. The average Bonchev–Trinajstić information content (AvgIpc) is 2.28. The van der Waals surface area contributed by atoms with E-state index in [4.69, 9.17) is 11.2 Å². The lowest BCUT2D eigenvalue weighted by Crippen LogP contribution is -1.72. The summed E-state index contributed by atoms with van der Waals surface area (Å²) in [5.74, 6) is 0. The fraction of sp³-hybridized carbons (Fsp3) is 0.143. The Bertz CT molecular complexity index is 312. The number of hydrogen-bond acceptors (Lipinski definition) is 0. The molecule has 0 aromatic heterocycles. The molecule has 0 saturated carbocycles. The number of allylic oxidation sites excluding steroid dienone is 10. The van der Waals surface area contributed by atoms with E-state index >= 15 is 0 Å². The third kappa shape index (κ3) is 6.61. The molecule has 0 unspecified atom stereocenters. The van der Waals surface area contributed by atoms with Crippen molar-refractivity contribution in [3.63, 3.8) is 0 Å². The highest BCUT2D eigenvalue weighted by Gasteiger charge is 2.06. The van der Waals surface area contributed by atoms with Crippen LogP contribution in [0.4, 0.5) is 0 Å². The zero-order valence-electron chi connectivity index (χ0n) is 9.86. The zero-order valence-corrected chi connectivity index (χ0v) is 11.5. The predicted octanol–water partition coefficient (Wildman–Crippen LogP) is 5.91. The Balaban J connectivity index is 4.58. The lowest BCUT2D eigenvalue weighted by Gasteiger charge is -2.09. The minimum atomic E-state index is -0.713. The van der Waals surface area contributed by atoms with Crippen LogP contribution < -0.4 is 0 Å². The van der Waals surface area contributed by atoms with Crippen LogP contribution in [0.25, 0.3) is 0 Å². The van der Waals surface area contributed by atoms with Crippen LogP contribution in [0.1, 0.15) is 13.8 Å². The molecule has 0 bridgehead atoms. The summed E-state index contributed by atoms with van der Waals surface area (Å²) in [5, 5.41) is 2.35. The van der Waals surface area contributed by atoms with Crippen LogP contribution >= 0.6 is 18.5 Å². The first-order valence-electron chi connectivity index (χ1n) is 5.01. The van der Waals surface area contributed by atoms with Gasteiger partial charge in [0.15, 0.2) is 0 Å². The Hall–Kier alpha value is -0.840. The molecule has 0 rings (SSSR count). The van der Waals surface area contributed by atoms with Gasteiger partial charge in [-0.25, -0.2) is 0 Å². The van der Waals surface area contributed by atoms with Crippen molar-refractivity contribution in [3.8, 4) is 0 Å². The summed E-state index contributed by atoms with van der Waals surface area (Å²) in [5.41, 5.74) is 0. The molecule has 0 nitrogen and oxygen atoms in total.